The number of nitrogens with zero attached hydrogens (tertiary/aromatic N) is 1. The third-order valence-corrected chi connectivity index (χ3v) is 4.37. The highest BCUT2D eigenvalue weighted by Gasteiger charge is 2.25. The Kier molecular flexibility index (Phi) is 5.67. The van der Waals surface area contributed by atoms with E-state index in [9.17, 15) is 9.59 Å². The van der Waals surface area contributed by atoms with E-state index in [-0.39, 0.29) is 12.4 Å². The summed E-state index contributed by atoms with van der Waals surface area (Å²) in [6, 6.07) is 5.83. The maximum absolute atomic E-state index is 12.7. The highest BCUT2D eigenvalue weighted by atomic mass is 16.5. The van der Waals surface area contributed by atoms with Crippen molar-refractivity contribution in [2.45, 2.75) is 34.6 Å². The predicted molar refractivity (Wildman–Crippen MR) is 96.6 cm³/mol. The molecule has 1 heterocycles. The third-order valence-electron chi connectivity index (χ3n) is 4.37. The molecule has 25 heavy (non-hydrogen) atoms. The van der Waals surface area contributed by atoms with Crippen molar-refractivity contribution in [1.29, 1.82) is 0 Å². The van der Waals surface area contributed by atoms with Gasteiger partial charge in [-0.2, -0.15) is 0 Å². The van der Waals surface area contributed by atoms with E-state index < -0.39 is 5.97 Å². The van der Waals surface area contributed by atoms with E-state index in [0.717, 1.165) is 16.8 Å². The molecule has 0 aliphatic heterocycles. The van der Waals surface area contributed by atoms with Crippen molar-refractivity contribution < 1.29 is 19.1 Å². The van der Waals surface area contributed by atoms with Crippen molar-refractivity contribution >= 4 is 11.8 Å². The molecule has 1 aromatic heterocycles. The minimum absolute atomic E-state index is 0.0716. The molecule has 0 N–H and O–H groups in total. The van der Waals surface area contributed by atoms with Crippen LogP contribution in [0.15, 0.2) is 18.2 Å². The van der Waals surface area contributed by atoms with Gasteiger partial charge in [-0.15, -0.1) is 0 Å². The van der Waals surface area contributed by atoms with Gasteiger partial charge in [-0.25, -0.2) is 4.79 Å². The van der Waals surface area contributed by atoms with Gasteiger partial charge in [-0.1, -0.05) is 17.7 Å². The van der Waals surface area contributed by atoms with E-state index in [1.807, 2.05) is 39.0 Å². The highest BCUT2D eigenvalue weighted by molar-refractivity contribution is 6.03. The molecule has 2 aromatic rings. The standard InChI is InChI=1S/C20H25NO4/c1-7-24-20(23)19-14(4)18(15(5)21(19)6)16(22)11-25-17-9-8-12(2)10-13(17)3/h8-10H,7,11H2,1-6H3. The summed E-state index contributed by atoms with van der Waals surface area (Å²) in [7, 11) is 1.76. The van der Waals surface area contributed by atoms with Crippen molar-refractivity contribution in [1.82, 2.24) is 4.57 Å². The lowest BCUT2D eigenvalue weighted by Crippen LogP contribution is -2.14. The van der Waals surface area contributed by atoms with Crippen LogP contribution in [0, 0.1) is 27.7 Å². The fourth-order valence-corrected chi connectivity index (χ4v) is 3.05. The first-order valence-electron chi connectivity index (χ1n) is 8.34. The summed E-state index contributed by atoms with van der Waals surface area (Å²) < 4.78 is 12.5. The number of esters is 1. The molecule has 0 saturated carbocycles. The molecule has 0 saturated heterocycles. The van der Waals surface area contributed by atoms with Gasteiger partial charge < -0.3 is 14.0 Å². The van der Waals surface area contributed by atoms with Gasteiger partial charge in [0.15, 0.2) is 6.61 Å². The van der Waals surface area contributed by atoms with Crippen LogP contribution in [0.2, 0.25) is 0 Å². The number of ether oxygens (including phenoxy) is 2. The predicted octanol–water partition coefficient (Wildman–Crippen LogP) is 3.70. The maximum Gasteiger partial charge on any atom is 0.355 e. The average Bonchev–Trinajstić information content (AvgIpc) is 2.76. The molecule has 1 aromatic carbocycles. The second-order valence-electron chi connectivity index (χ2n) is 6.19. The van der Waals surface area contributed by atoms with Crippen LogP contribution in [0.4, 0.5) is 0 Å². The van der Waals surface area contributed by atoms with Crippen LogP contribution in [-0.2, 0) is 11.8 Å². The van der Waals surface area contributed by atoms with Crippen LogP contribution in [0.3, 0.4) is 0 Å². The molecular formula is C20H25NO4. The first kappa shape index (κ1) is 18.8. The van der Waals surface area contributed by atoms with Crippen molar-refractivity contribution in [2.24, 2.45) is 7.05 Å². The van der Waals surface area contributed by atoms with Crippen LogP contribution >= 0.6 is 0 Å². The van der Waals surface area contributed by atoms with Crippen molar-refractivity contribution in [3.8, 4) is 5.75 Å². The molecule has 0 fully saturated rings. The molecule has 0 aliphatic carbocycles. The fraction of sp³-hybridized carbons (Fsp3) is 0.400. The molecule has 0 amide bonds. The summed E-state index contributed by atoms with van der Waals surface area (Å²) in [5, 5.41) is 0. The van der Waals surface area contributed by atoms with Crippen LogP contribution < -0.4 is 4.74 Å². The average molecular weight is 343 g/mol. The number of carbonyl (C=O) groups excluding carboxylic acids is 2. The van der Waals surface area contributed by atoms with Crippen LogP contribution in [-0.4, -0.2) is 29.5 Å². The van der Waals surface area contributed by atoms with Gasteiger partial charge in [0.25, 0.3) is 0 Å². The molecule has 134 valence electrons. The Balaban J connectivity index is 2.25. The van der Waals surface area contributed by atoms with Crippen molar-refractivity contribution in [3.63, 3.8) is 0 Å². The number of carbonyl (C=O) groups is 2. The zero-order valence-electron chi connectivity index (χ0n) is 15.7. The van der Waals surface area contributed by atoms with Gasteiger partial charge in [-0.3, -0.25) is 4.79 Å². The lowest BCUT2D eigenvalue weighted by molar-refractivity contribution is 0.0514. The highest BCUT2D eigenvalue weighted by Crippen LogP contribution is 2.24. The van der Waals surface area contributed by atoms with E-state index in [4.69, 9.17) is 9.47 Å². The lowest BCUT2D eigenvalue weighted by atomic mass is 10.1. The third kappa shape index (κ3) is 3.76. The number of aromatic nitrogens is 1. The van der Waals surface area contributed by atoms with Gasteiger partial charge in [-0.05, 0) is 51.8 Å². The summed E-state index contributed by atoms with van der Waals surface area (Å²) >= 11 is 0. The van der Waals surface area contributed by atoms with E-state index in [1.165, 1.54) is 0 Å². The molecular weight excluding hydrogens is 318 g/mol. The SMILES string of the molecule is CCOC(=O)c1c(C)c(C(=O)COc2ccc(C)cc2C)c(C)n1C. The monoisotopic (exact) mass is 343 g/mol. The minimum Gasteiger partial charge on any atom is -0.485 e. The largest absolute Gasteiger partial charge is 0.485 e. The fourth-order valence-electron chi connectivity index (χ4n) is 3.05. The maximum atomic E-state index is 12.7. The number of hydrogen-bond donors (Lipinski definition) is 0. The lowest BCUT2D eigenvalue weighted by Gasteiger charge is -2.09. The normalized spacial score (nSPS) is 10.6. The topological polar surface area (TPSA) is 57.5 Å². The van der Waals surface area contributed by atoms with Crippen LogP contribution in [0.5, 0.6) is 5.75 Å². The number of Topliss-reactive ketones (excluding diaryl/α,β-unsaturated/α-hetero) is 1. The van der Waals surface area contributed by atoms with Crippen molar-refractivity contribution in [2.75, 3.05) is 13.2 Å². The van der Waals surface area contributed by atoms with Crippen molar-refractivity contribution in [3.05, 3.63) is 51.8 Å². The molecule has 0 bridgehead atoms. The second-order valence-corrected chi connectivity index (χ2v) is 6.19. The Hall–Kier alpha value is -2.56. The minimum atomic E-state index is -0.417. The van der Waals surface area contributed by atoms with Gasteiger partial charge in [0.2, 0.25) is 5.78 Å². The van der Waals surface area contributed by atoms with E-state index in [1.54, 1.807) is 25.5 Å². The number of hydrogen-bond acceptors (Lipinski definition) is 4. The Bertz CT molecular complexity index is 818. The molecule has 0 unspecified atom stereocenters. The zero-order valence-corrected chi connectivity index (χ0v) is 15.7. The van der Waals surface area contributed by atoms with Gasteiger partial charge >= 0.3 is 5.97 Å². The summed E-state index contributed by atoms with van der Waals surface area (Å²) in [4.78, 5) is 24.8. The Morgan fingerprint density at radius 1 is 1.12 bits per heavy atom. The molecule has 2 rings (SSSR count). The van der Waals surface area contributed by atoms with Gasteiger partial charge in [0.1, 0.15) is 11.4 Å². The molecule has 5 nitrogen and oxygen atoms in total. The molecule has 0 aliphatic rings. The number of rotatable bonds is 6. The molecule has 0 atom stereocenters. The Labute approximate surface area is 148 Å². The summed E-state index contributed by atoms with van der Waals surface area (Å²) in [6.45, 7) is 9.52. The molecule has 0 radical (unpaired) electrons. The van der Waals surface area contributed by atoms with Gasteiger partial charge in [0, 0.05) is 18.3 Å². The van der Waals surface area contributed by atoms with Crippen LogP contribution in [0.25, 0.3) is 0 Å². The van der Waals surface area contributed by atoms with E-state index in [2.05, 4.69) is 0 Å². The van der Waals surface area contributed by atoms with E-state index >= 15 is 0 Å². The Morgan fingerprint density at radius 2 is 1.80 bits per heavy atom. The van der Waals surface area contributed by atoms with E-state index in [0.29, 0.717) is 29.2 Å². The first-order chi connectivity index (χ1) is 11.8. The van der Waals surface area contributed by atoms with Crippen LogP contribution in [0.1, 0.15) is 50.2 Å². The number of aryl methyl sites for hydroxylation is 2. The molecule has 0 spiro atoms. The molecule has 5 heteroatoms. The Morgan fingerprint density at radius 3 is 2.40 bits per heavy atom. The number of ketones is 1. The number of benzene rings is 1. The second kappa shape index (κ2) is 7.55. The van der Waals surface area contributed by atoms with Gasteiger partial charge in [0.05, 0.1) is 6.61 Å². The smallest absolute Gasteiger partial charge is 0.355 e. The zero-order chi connectivity index (χ0) is 18.7. The summed E-state index contributed by atoms with van der Waals surface area (Å²) in [5.74, 6) is 0.122. The first-order valence-corrected chi connectivity index (χ1v) is 8.34. The summed E-state index contributed by atoms with van der Waals surface area (Å²) in [5.41, 5.74) is 4.43. The quantitative estimate of drug-likeness (QED) is 0.593. The summed E-state index contributed by atoms with van der Waals surface area (Å²) in [6.07, 6.45) is 0.